The van der Waals surface area contributed by atoms with E-state index in [2.05, 4.69) is 15.3 Å². The van der Waals surface area contributed by atoms with Crippen molar-refractivity contribution in [1.29, 1.82) is 0 Å². The van der Waals surface area contributed by atoms with Gasteiger partial charge in [-0.3, -0.25) is 0 Å². The molecule has 1 aromatic heterocycles. The SMILES string of the molecule is NCCCNc1nc2c(c(C(F)(F)F)n1)CCC2. The van der Waals surface area contributed by atoms with Crippen LogP contribution in [0.3, 0.4) is 0 Å². The second-order valence-corrected chi connectivity index (χ2v) is 4.24. The first-order valence-corrected chi connectivity index (χ1v) is 5.93. The maximum absolute atomic E-state index is 12.9. The summed E-state index contributed by atoms with van der Waals surface area (Å²) in [5.41, 5.74) is 5.31. The zero-order chi connectivity index (χ0) is 13.2. The lowest BCUT2D eigenvalue weighted by Crippen LogP contribution is -2.17. The fourth-order valence-corrected chi connectivity index (χ4v) is 2.05. The average Bonchev–Trinajstić information content (AvgIpc) is 2.74. The normalized spacial score (nSPS) is 14.7. The molecule has 1 heterocycles. The lowest BCUT2D eigenvalue weighted by molar-refractivity contribution is -0.141. The van der Waals surface area contributed by atoms with E-state index in [0.29, 0.717) is 44.5 Å². The van der Waals surface area contributed by atoms with Crippen molar-refractivity contribution in [2.45, 2.75) is 31.9 Å². The molecule has 0 unspecified atom stereocenters. The van der Waals surface area contributed by atoms with E-state index in [0.717, 1.165) is 0 Å². The van der Waals surface area contributed by atoms with E-state index in [1.165, 1.54) is 0 Å². The van der Waals surface area contributed by atoms with Crippen LogP contribution in [0.1, 0.15) is 29.8 Å². The number of hydrogen-bond donors (Lipinski definition) is 2. The number of halogens is 3. The van der Waals surface area contributed by atoms with E-state index in [-0.39, 0.29) is 11.5 Å². The van der Waals surface area contributed by atoms with Crippen molar-refractivity contribution in [3.05, 3.63) is 17.0 Å². The van der Waals surface area contributed by atoms with Crippen LogP contribution in [0.5, 0.6) is 0 Å². The minimum absolute atomic E-state index is 0.0522. The number of nitrogens with two attached hydrogens (primary N) is 1. The van der Waals surface area contributed by atoms with Crippen LogP contribution in [-0.4, -0.2) is 23.1 Å². The number of aryl methyl sites for hydroxylation is 1. The van der Waals surface area contributed by atoms with Gasteiger partial charge >= 0.3 is 6.18 Å². The standard InChI is InChI=1S/C11H15F3N4/c12-11(13,14)9-7-3-1-4-8(7)17-10(18-9)16-6-2-5-15/h1-6,15H2,(H,16,17,18). The van der Waals surface area contributed by atoms with Crippen molar-refractivity contribution in [2.24, 2.45) is 5.73 Å². The van der Waals surface area contributed by atoms with Crippen molar-refractivity contribution in [1.82, 2.24) is 9.97 Å². The number of nitrogens with one attached hydrogen (secondary N) is 1. The Morgan fingerprint density at radius 3 is 2.67 bits per heavy atom. The van der Waals surface area contributed by atoms with Crippen LogP contribution < -0.4 is 11.1 Å². The number of anilines is 1. The summed E-state index contributed by atoms with van der Waals surface area (Å²) in [7, 11) is 0. The van der Waals surface area contributed by atoms with Gasteiger partial charge in [0.2, 0.25) is 5.95 Å². The molecular formula is C11H15F3N4. The van der Waals surface area contributed by atoms with Crippen molar-refractivity contribution < 1.29 is 13.2 Å². The summed E-state index contributed by atoms with van der Waals surface area (Å²) in [5, 5.41) is 2.79. The third kappa shape index (κ3) is 2.72. The maximum Gasteiger partial charge on any atom is 0.433 e. The molecular weight excluding hydrogens is 245 g/mol. The molecule has 1 aliphatic carbocycles. The van der Waals surface area contributed by atoms with Crippen molar-refractivity contribution in [3.63, 3.8) is 0 Å². The fourth-order valence-electron chi connectivity index (χ4n) is 2.05. The Hall–Kier alpha value is -1.37. The summed E-state index contributed by atoms with van der Waals surface area (Å²) in [6.07, 6.45) is -2.04. The largest absolute Gasteiger partial charge is 0.433 e. The number of fused-ring (bicyclic) bond motifs is 1. The molecule has 0 bridgehead atoms. The van der Waals surface area contributed by atoms with E-state index < -0.39 is 11.9 Å². The minimum Gasteiger partial charge on any atom is -0.354 e. The third-order valence-corrected chi connectivity index (χ3v) is 2.87. The summed E-state index contributed by atoms with van der Waals surface area (Å²) >= 11 is 0. The van der Waals surface area contributed by atoms with Crippen molar-refractivity contribution in [2.75, 3.05) is 18.4 Å². The summed E-state index contributed by atoms with van der Waals surface area (Å²) in [6, 6.07) is 0. The van der Waals surface area contributed by atoms with Gasteiger partial charge in [0.05, 0.1) is 0 Å². The Morgan fingerprint density at radius 2 is 2.00 bits per heavy atom. The van der Waals surface area contributed by atoms with Crippen LogP contribution in [0.25, 0.3) is 0 Å². The van der Waals surface area contributed by atoms with Gasteiger partial charge in [-0.2, -0.15) is 13.2 Å². The van der Waals surface area contributed by atoms with Crippen LogP contribution in [0.4, 0.5) is 19.1 Å². The van der Waals surface area contributed by atoms with E-state index in [4.69, 9.17) is 5.73 Å². The predicted molar refractivity (Wildman–Crippen MR) is 61.2 cm³/mol. The first-order valence-electron chi connectivity index (χ1n) is 5.93. The average molecular weight is 260 g/mol. The van der Waals surface area contributed by atoms with Gasteiger partial charge < -0.3 is 11.1 Å². The number of rotatable bonds is 4. The predicted octanol–water partition coefficient (Wildman–Crippen LogP) is 1.74. The summed E-state index contributed by atoms with van der Waals surface area (Å²) < 4.78 is 38.6. The minimum atomic E-state index is -4.42. The molecule has 0 atom stereocenters. The topological polar surface area (TPSA) is 63.8 Å². The number of nitrogens with zero attached hydrogens (tertiary/aromatic N) is 2. The second kappa shape index (κ2) is 5.09. The number of aromatic nitrogens is 2. The summed E-state index contributed by atoms with van der Waals surface area (Å²) in [6.45, 7) is 0.955. The summed E-state index contributed by atoms with van der Waals surface area (Å²) in [4.78, 5) is 7.74. The van der Waals surface area contributed by atoms with Gasteiger partial charge in [-0.05, 0) is 32.2 Å². The molecule has 7 heteroatoms. The molecule has 0 saturated carbocycles. The summed E-state index contributed by atoms with van der Waals surface area (Å²) in [5.74, 6) is 0.0522. The molecule has 0 saturated heterocycles. The zero-order valence-corrected chi connectivity index (χ0v) is 9.85. The Bertz CT molecular complexity index is 431. The van der Waals surface area contributed by atoms with Crippen molar-refractivity contribution in [3.8, 4) is 0 Å². The zero-order valence-electron chi connectivity index (χ0n) is 9.85. The Morgan fingerprint density at radius 1 is 1.22 bits per heavy atom. The monoisotopic (exact) mass is 260 g/mol. The van der Waals surface area contributed by atoms with Gasteiger partial charge in [-0.25, -0.2) is 9.97 Å². The molecule has 0 aromatic carbocycles. The number of hydrogen-bond acceptors (Lipinski definition) is 4. The van der Waals surface area contributed by atoms with Gasteiger partial charge in [0.25, 0.3) is 0 Å². The van der Waals surface area contributed by atoms with Crippen LogP contribution >= 0.6 is 0 Å². The lowest BCUT2D eigenvalue weighted by atomic mass is 10.2. The molecule has 1 aliphatic rings. The quantitative estimate of drug-likeness (QED) is 0.809. The molecule has 2 rings (SSSR count). The number of alkyl halides is 3. The molecule has 0 radical (unpaired) electrons. The highest BCUT2D eigenvalue weighted by Gasteiger charge is 2.38. The van der Waals surface area contributed by atoms with Crippen LogP contribution in [0, 0.1) is 0 Å². The highest BCUT2D eigenvalue weighted by molar-refractivity contribution is 5.38. The van der Waals surface area contributed by atoms with E-state index in [1.54, 1.807) is 0 Å². The Balaban J connectivity index is 2.28. The maximum atomic E-state index is 12.9. The van der Waals surface area contributed by atoms with Crippen LogP contribution in [-0.2, 0) is 19.0 Å². The van der Waals surface area contributed by atoms with Crippen LogP contribution in [0.2, 0.25) is 0 Å². The van der Waals surface area contributed by atoms with Gasteiger partial charge in [0, 0.05) is 17.8 Å². The molecule has 1 aromatic rings. The third-order valence-electron chi connectivity index (χ3n) is 2.87. The smallest absolute Gasteiger partial charge is 0.354 e. The molecule has 3 N–H and O–H groups in total. The molecule has 0 aliphatic heterocycles. The van der Waals surface area contributed by atoms with Gasteiger partial charge in [0.1, 0.15) is 0 Å². The van der Waals surface area contributed by atoms with Gasteiger partial charge in [0.15, 0.2) is 5.69 Å². The van der Waals surface area contributed by atoms with Crippen molar-refractivity contribution >= 4 is 5.95 Å². The molecule has 100 valence electrons. The molecule has 4 nitrogen and oxygen atoms in total. The van der Waals surface area contributed by atoms with E-state index in [9.17, 15) is 13.2 Å². The molecule has 18 heavy (non-hydrogen) atoms. The highest BCUT2D eigenvalue weighted by atomic mass is 19.4. The van der Waals surface area contributed by atoms with Gasteiger partial charge in [-0.1, -0.05) is 0 Å². The van der Waals surface area contributed by atoms with Gasteiger partial charge in [-0.15, -0.1) is 0 Å². The Kier molecular flexibility index (Phi) is 3.70. The first-order chi connectivity index (χ1) is 8.52. The van der Waals surface area contributed by atoms with E-state index in [1.807, 2.05) is 0 Å². The van der Waals surface area contributed by atoms with E-state index >= 15 is 0 Å². The second-order valence-electron chi connectivity index (χ2n) is 4.24. The van der Waals surface area contributed by atoms with Crippen LogP contribution in [0.15, 0.2) is 0 Å². The molecule has 0 fully saturated rings. The molecule has 0 amide bonds. The Labute approximate surface area is 103 Å². The first kappa shape index (κ1) is 13.1. The molecule has 0 spiro atoms. The fraction of sp³-hybridized carbons (Fsp3) is 0.636. The highest BCUT2D eigenvalue weighted by Crippen LogP contribution is 2.35. The lowest BCUT2D eigenvalue weighted by Gasteiger charge is -2.13.